The second-order valence-corrected chi connectivity index (χ2v) is 9.66. The molecule has 0 spiro atoms. The predicted octanol–water partition coefficient (Wildman–Crippen LogP) is 5.18. The minimum absolute atomic E-state index is 0.233. The normalized spacial score (nSPS) is 61.6. The van der Waals surface area contributed by atoms with Gasteiger partial charge in [0.25, 0.3) is 0 Å². The molecular formula is C13H10Cl6O. The molecule has 110 valence electrons. The van der Waals surface area contributed by atoms with E-state index >= 15 is 0 Å². The smallest absolute Gasteiger partial charge is 0.167 e. The van der Waals surface area contributed by atoms with Crippen LogP contribution >= 0.6 is 69.6 Å². The summed E-state index contributed by atoms with van der Waals surface area (Å²) in [4.78, 5) is -2.50. The number of allylic oxidation sites excluding steroid dienone is 2. The summed E-state index contributed by atoms with van der Waals surface area (Å²) in [5.41, 5.74) is -1.21. The maximum atomic E-state index is 6.83. The van der Waals surface area contributed by atoms with Gasteiger partial charge in [-0.25, -0.2) is 0 Å². The minimum atomic E-state index is -1.50. The van der Waals surface area contributed by atoms with Crippen molar-refractivity contribution in [2.75, 3.05) is 0 Å². The van der Waals surface area contributed by atoms with Gasteiger partial charge in [-0.15, -0.1) is 23.2 Å². The van der Waals surface area contributed by atoms with Crippen LogP contribution in [0, 0.1) is 11.8 Å². The molecule has 0 aromatic rings. The molecule has 1 saturated heterocycles. The van der Waals surface area contributed by atoms with Gasteiger partial charge in [-0.05, 0) is 13.8 Å². The van der Waals surface area contributed by atoms with Gasteiger partial charge in [0, 0.05) is 11.8 Å². The highest BCUT2D eigenvalue weighted by Crippen LogP contribution is 2.82. The SMILES string of the molecule is C[C@]12C=C[C@](C)(O1)[C@H]1[C@@H]2[C@@]2(Cl)C(Cl)=C(Cl)[C@]1(Cl)C2(Cl)Cl. The molecule has 0 aromatic carbocycles. The molecule has 1 saturated carbocycles. The van der Waals surface area contributed by atoms with Crippen molar-refractivity contribution < 1.29 is 4.74 Å². The van der Waals surface area contributed by atoms with Crippen LogP contribution in [0.1, 0.15) is 13.8 Å². The summed E-state index contributed by atoms with van der Waals surface area (Å²) in [5, 5.41) is 0.466. The molecule has 2 fully saturated rings. The highest BCUT2D eigenvalue weighted by Gasteiger charge is 2.89. The fourth-order valence-corrected chi connectivity index (χ4v) is 7.82. The lowest BCUT2D eigenvalue weighted by Crippen LogP contribution is -2.50. The Morgan fingerprint density at radius 1 is 0.850 bits per heavy atom. The third kappa shape index (κ3) is 1.09. The largest absolute Gasteiger partial charge is 0.360 e. The van der Waals surface area contributed by atoms with E-state index in [1.807, 2.05) is 26.0 Å². The molecule has 0 unspecified atom stereocenters. The van der Waals surface area contributed by atoms with E-state index in [0.29, 0.717) is 0 Å². The molecule has 2 heterocycles. The number of alkyl halides is 4. The first-order valence-corrected chi connectivity index (χ1v) is 8.46. The fraction of sp³-hybridized carbons (Fsp3) is 0.692. The summed E-state index contributed by atoms with van der Waals surface area (Å²) < 4.78 is 4.68. The second kappa shape index (κ2) is 3.48. The van der Waals surface area contributed by atoms with Gasteiger partial charge >= 0.3 is 0 Å². The highest BCUT2D eigenvalue weighted by atomic mass is 35.5. The lowest BCUT2D eigenvalue weighted by molar-refractivity contribution is -0.0351. The van der Waals surface area contributed by atoms with Crippen molar-refractivity contribution in [2.24, 2.45) is 11.8 Å². The fourth-order valence-electron chi connectivity index (χ4n) is 4.64. The second-order valence-electron chi connectivity index (χ2n) is 6.38. The van der Waals surface area contributed by atoms with Crippen molar-refractivity contribution in [3.63, 3.8) is 0 Å². The standard InChI is InChI=1S/C13H10Cl6O/c1-9-3-4-10(2,20-9)6-5(9)11(16)7(14)8(15)12(6,17)13(11,18)19/h3-6H,1-2H3/t5-,6+,9+,10-,11+,12-. The van der Waals surface area contributed by atoms with Crippen molar-refractivity contribution in [3.05, 3.63) is 22.2 Å². The molecule has 7 heteroatoms. The van der Waals surface area contributed by atoms with Gasteiger partial charge in [0.1, 0.15) is 9.75 Å². The lowest BCUT2D eigenvalue weighted by Gasteiger charge is -2.40. The molecule has 4 bridgehead atoms. The average molecular weight is 395 g/mol. The van der Waals surface area contributed by atoms with Gasteiger partial charge in [-0.3, -0.25) is 0 Å². The summed E-state index contributed by atoms with van der Waals surface area (Å²) in [7, 11) is 0. The molecule has 20 heavy (non-hydrogen) atoms. The van der Waals surface area contributed by atoms with Crippen LogP contribution in [0.15, 0.2) is 22.2 Å². The van der Waals surface area contributed by atoms with Crippen molar-refractivity contribution in [1.82, 2.24) is 0 Å². The van der Waals surface area contributed by atoms with Crippen molar-refractivity contribution in [3.8, 4) is 0 Å². The first kappa shape index (κ1) is 14.8. The van der Waals surface area contributed by atoms with Gasteiger partial charge in [0.15, 0.2) is 4.33 Å². The zero-order valence-electron chi connectivity index (χ0n) is 10.5. The van der Waals surface area contributed by atoms with Gasteiger partial charge < -0.3 is 4.74 Å². The van der Waals surface area contributed by atoms with Crippen LogP contribution in [0.25, 0.3) is 0 Å². The van der Waals surface area contributed by atoms with Crippen LogP contribution < -0.4 is 0 Å². The Hall–Kier alpha value is 1.18. The Bertz CT molecular complexity index is 566. The van der Waals surface area contributed by atoms with E-state index < -0.39 is 25.3 Å². The maximum Gasteiger partial charge on any atom is 0.167 e. The predicted molar refractivity (Wildman–Crippen MR) is 84.4 cm³/mol. The Labute approximate surface area is 147 Å². The van der Waals surface area contributed by atoms with Crippen LogP contribution in [0.4, 0.5) is 0 Å². The van der Waals surface area contributed by atoms with Crippen molar-refractivity contribution in [2.45, 2.75) is 39.1 Å². The first-order chi connectivity index (χ1) is 8.97. The summed E-state index contributed by atoms with van der Waals surface area (Å²) in [5.74, 6) is -0.483. The van der Waals surface area contributed by atoms with Gasteiger partial charge in [-0.2, -0.15) is 0 Å². The Kier molecular flexibility index (Phi) is 2.57. The molecular weight excluding hydrogens is 385 g/mol. The Morgan fingerprint density at radius 3 is 1.55 bits per heavy atom. The summed E-state index contributed by atoms with van der Waals surface area (Å²) >= 11 is 39.6. The van der Waals surface area contributed by atoms with Crippen LogP contribution in [-0.2, 0) is 4.74 Å². The Balaban J connectivity index is 2.08. The number of hydrogen-bond acceptors (Lipinski definition) is 1. The summed E-state index contributed by atoms with van der Waals surface area (Å²) in [6.07, 6.45) is 3.97. The van der Waals surface area contributed by atoms with Gasteiger partial charge in [-0.1, -0.05) is 58.6 Å². The summed E-state index contributed by atoms with van der Waals surface area (Å²) in [6, 6.07) is 0. The minimum Gasteiger partial charge on any atom is -0.360 e. The van der Waals surface area contributed by atoms with E-state index in [1.54, 1.807) is 0 Å². The molecule has 4 rings (SSSR count). The maximum absolute atomic E-state index is 6.83. The monoisotopic (exact) mass is 392 g/mol. The van der Waals surface area contributed by atoms with Gasteiger partial charge in [0.2, 0.25) is 0 Å². The average Bonchev–Trinajstić information content (AvgIpc) is 2.86. The molecule has 6 atom stereocenters. The van der Waals surface area contributed by atoms with Crippen LogP contribution in [0.5, 0.6) is 0 Å². The van der Waals surface area contributed by atoms with E-state index in [2.05, 4.69) is 0 Å². The number of rotatable bonds is 0. The topological polar surface area (TPSA) is 9.23 Å². The highest BCUT2D eigenvalue weighted by molar-refractivity contribution is 6.65. The molecule has 2 aliphatic heterocycles. The van der Waals surface area contributed by atoms with E-state index in [0.717, 1.165) is 0 Å². The van der Waals surface area contributed by atoms with E-state index in [4.69, 9.17) is 74.3 Å². The molecule has 1 nitrogen and oxygen atoms in total. The molecule has 4 aliphatic rings. The van der Waals surface area contributed by atoms with Crippen molar-refractivity contribution >= 4 is 69.6 Å². The molecule has 0 radical (unpaired) electrons. The van der Waals surface area contributed by atoms with E-state index in [1.165, 1.54) is 0 Å². The van der Waals surface area contributed by atoms with E-state index in [9.17, 15) is 0 Å². The molecule has 2 aliphatic carbocycles. The Morgan fingerprint density at radius 2 is 1.20 bits per heavy atom. The molecule has 0 N–H and O–H groups in total. The molecule has 0 aromatic heterocycles. The lowest BCUT2D eigenvalue weighted by atomic mass is 9.66. The third-order valence-corrected chi connectivity index (χ3v) is 9.61. The number of ether oxygens (including phenoxy) is 1. The number of fused-ring (bicyclic) bond motifs is 9. The molecule has 0 amide bonds. The quantitative estimate of drug-likeness (QED) is 0.406. The zero-order chi connectivity index (χ0) is 14.9. The van der Waals surface area contributed by atoms with Crippen LogP contribution in [0.3, 0.4) is 0 Å². The first-order valence-electron chi connectivity index (χ1n) is 6.19. The van der Waals surface area contributed by atoms with Crippen LogP contribution in [-0.4, -0.2) is 25.3 Å². The van der Waals surface area contributed by atoms with Crippen LogP contribution in [0.2, 0.25) is 0 Å². The van der Waals surface area contributed by atoms with Gasteiger partial charge in [0.05, 0.1) is 21.3 Å². The number of hydrogen-bond donors (Lipinski definition) is 0. The van der Waals surface area contributed by atoms with E-state index in [-0.39, 0.29) is 21.9 Å². The van der Waals surface area contributed by atoms with Crippen molar-refractivity contribution in [1.29, 1.82) is 0 Å². The zero-order valence-corrected chi connectivity index (χ0v) is 15.0. The third-order valence-electron chi connectivity index (χ3n) is 5.36. The summed E-state index contributed by atoms with van der Waals surface area (Å²) in [6.45, 7) is 3.90. The number of halogens is 6.